The molecule has 2 aromatic heterocycles. The third-order valence-electron chi connectivity index (χ3n) is 3.66. The number of fused-ring (bicyclic) bond motifs is 1. The number of nitrogens with zero attached hydrogens (tertiary/aromatic N) is 3. The molecule has 0 saturated heterocycles. The quantitative estimate of drug-likeness (QED) is 0.341. The fraction of sp³-hybridized carbons (Fsp3) is 0. The van der Waals surface area contributed by atoms with Crippen LogP contribution in [0, 0.1) is 0 Å². The first-order valence-corrected chi connectivity index (χ1v) is 7.27. The molecule has 0 aliphatic rings. The molecule has 0 amide bonds. The van der Waals surface area contributed by atoms with Crippen molar-refractivity contribution >= 4 is 16.7 Å². The van der Waals surface area contributed by atoms with Crippen LogP contribution in [0.1, 0.15) is 0 Å². The number of nitrogens with two attached hydrogens (primary N) is 1. The van der Waals surface area contributed by atoms with E-state index in [4.69, 9.17) is 10.3 Å². The molecule has 4 rings (SSSR count). The molecule has 0 bridgehead atoms. The predicted octanol–water partition coefficient (Wildman–Crippen LogP) is 2.33. The third kappa shape index (κ3) is 2.42. The minimum Gasteiger partial charge on any atom is -0.421 e. The van der Waals surface area contributed by atoms with Crippen molar-refractivity contribution in [3.8, 4) is 16.9 Å². The van der Waals surface area contributed by atoms with E-state index in [2.05, 4.69) is 15.6 Å². The van der Waals surface area contributed by atoms with Crippen LogP contribution < -0.4 is 16.9 Å². The van der Waals surface area contributed by atoms with Crippen LogP contribution >= 0.6 is 0 Å². The number of nitrogens with one attached hydrogen (secondary N) is 1. The topological polar surface area (TPSA) is 99.0 Å². The van der Waals surface area contributed by atoms with Crippen molar-refractivity contribution in [2.24, 2.45) is 5.84 Å². The highest BCUT2D eigenvalue weighted by atomic mass is 16.4. The van der Waals surface area contributed by atoms with E-state index < -0.39 is 5.63 Å². The lowest BCUT2D eigenvalue weighted by Crippen LogP contribution is -2.13. The van der Waals surface area contributed by atoms with E-state index in [0.29, 0.717) is 17.0 Å². The predicted molar refractivity (Wildman–Crippen MR) is 90.6 cm³/mol. The SMILES string of the molecule is NNc1ccc2cc(-n3ncc(-c4ccccc4)n3)c(=O)oc2c1. The maximum atomic E-state index is 12.3. The molecular weight excluding hydrogens is 306 g/mol. The van der Waals surface area contributed by atoms with Gasteiger partial charge in [-0.2, -0.15) is 5.10 Å². The molecule has 0 atom stereocenters. The molecule has 7 heteroatoms. The van der Waals surface area contributed by atoms with Gasteiger partial charge in [-0.15, -0.1) is 9.90 Å². The summed E-state index contributed by atoms with van der Waals surface area (Å²) in [4.78, 5) is 13.5. The summed E-state index contributed by atoms with van der Waals surface area (Å²) < 4.78 is 5.35. The summed E-state index contributed by atoms with van der Waals surface area (Å²) in [5, 5.41) is 9.29. The molecule has 24 heavy (non-hydrogen) atoms. The van der Waals surface area contributed by atoms with Crippen molar-refractivity contribution < 1.29 is 4.42 Å². The number of hydrogen-bond acceptors (Lipinski definition) is 6. The summed E-state index contributed by atoms with van der Waals surface area (Å²) >= 11 is 0. The molecular formula is C17H13N5O2. The van der Waals surface area contributed by atoms with Crippen LogP contribution in [-0.4, -0.2) is 15.0 Å². The van der Waals surface area contributed by atoms with Crippen LogP contribution in [0.3, 0.4) is 0 Å². The van der Waals surface area contributed by atoms with Crippen molar-refractivity contribution in [2.45, 2.75) is 0 Å². The summed E-state index contributed by atoms with van der Waals surface area (Å²) in [5.74, 6) is 5.36. The molecule has 2 heterocycles. The Hall–Kier alpha value is -3.45. The van der Waals surface area contributed by atoms with Crippen molar-refractivity contribution in [1.82, 2.24) is 15.0 Å². The van der Waals surface area contributed by atoms with E-state index in [1.165, 1.54) is 4.80 Å². The Bertz CT molecular complexity index is 1070. The van der Waals surface area contributed by atoms with Crippen molar-refractivity contribution in [3.05, 3.63) is 71.2 Å². The summed E-state index contributed by atoms with van der Waals surface area (Å²) in [6.07, 6.45) is 1.61. The molecule has 0 spiro atoms. The van der Waals surface area contributed by atoms with Crippen LogP contribution in [0.15, 0.2) is 70.0 Å². The second kappa shape index (κ2) is 5.64. The van der Waals surface area contributed by atoms with Gasteiger partial charge in [0.05, 0.1) is 11.9 Å². The van der Waals surface area contributed by atoms with Crippen molar-refractivity contribution in [3.63, 3.8) is 0 Å². The zero-order valence-electron chi connectivity index (χ0n) is 12.5. The van der Waals surface area contributed by atoms with Crippen molar-refractivity contribution in [2.75, 3.05) is 5.43 Å². The highest BCUT2D eigenvalue weighted by Crippen LogP contribution is 2.20. The molecule has 0 fully saturated rings. The number of benzene rings is 2. The molecule has 0 aliphatic heterocycles. The van der Waals surface area contributed by atoms with Gasteiger partial charge in [-0.3, -0.25) is 5.84 Å². The van der Waals surface area contributed by atoms with Gasteiger partial charge in [-0.25, -0.2) is 4.79 Å². The maximum absolute atomic E-state index is 12.3. The van der Waals surface area contributed by atoms with Gasteiger partial charge in [0.15, 0.2) is 5.69 Å². The van der Waals surface area contributed by atoms with Gasteiger partial charge in [-0.1, -0.05) is 30.3 Å². The first kappa shape index (κ1) is 14.2. The molecule has 0 unspecified atom stereocenters. The minimum atomic E-state index is -0.521. The highest BCUT2D eigenvalue weighted by Gasteiger charge is 2.11. The van der Waals surface area contributed by atoms with Gasteiger partial charge in [0.2, 0.25) is 0 Å². The summed E-state index contributed by atoms with van der Waals surface area (Å²) in [6.45, 7) is 0. The summed E-state index contributed by atoms with van der Waals surface area (Å²) in [6, 6.07) is 16.6. The Balaban J connectivity index is 1.81. The van der Waals surface area contributed by atoms with E-state index in [-0.39, 0.29) is 5.69 Å². The first-order valence-electron chi connectivity index (χ1n) is 7.27. The Morgan fingerprint density at radius 3 is 2.71 bits per heavy atom. The van der Waals surface area contributed by atoms with E-state index in [9.17, 15) is 4.79 Å². The fourth-order valence-corrected chi connectivity index (χ4v) is 2.45. The van der Waals surface area contributed by atoms with Gasteiger partial charge < -0.3 is 9.84 Å². The van der Waals surface area contributed by atoms with Gasteiger partial charge in [0.1, 0.15) is 11.3 Å². The third-order valence-corrected chi connectivity index (χ3v) is 3.66. The Morgan fingerprint density at radius 2 is 1.92 bits per heavy atom. The lowest BCUT2D eigenvalue weighted by Gasteiger charge is -2.03. The standard InChI is InChI=1S/C17H13N5O2/c18-20-13-7-6-12-8-15(17(23)24-16(12)9-13)22-19-10-14(21-22)11-4-2-1-3-5-11/h1-10,20H,18H2. The van der Waals surface area contributed by atoms with Crippen molar-refractivity contribution in [1.29, 1.82) is 0 Å². The van der Waals surface area contributed by atoms with E-state index in [0.717, 1.165) is 10.9 Å². The van der Waals surface area contributed by atoms with Crippen LogP contribution in [0.4, 0.5) is 5.69 Å². The molecule has 7 nitrogen and oxygen atoms in total. The van der Waals surface area contributed by atoms with Gasteiger partial charge in [-0.05, 0) is 18.2 Å². The van der Waals surface area contributed by atoms with E-state index in [1.807, 2.05) is 30.3 Å². The molecule has 0 saturated carbocycles. The molecule has 2 aromatic carbocycles. The maximum Gasteiger partial charge on any atom is 0.364 e. The number of aromatic nitrogens is 3. The largest absolute Gasteiger partial charge is 0.421 e. The van der Waals surface area contributed by atoms with Gasteiger partial charge in [0.25, 0.3) is 0 Å². The average Bonchev–Trinajstić information content (AvgIpc) is 3.11. The average molecular weight is 319 g/mol. The molecule has 118 valence electrons. The second-order valence-corrected chi connectivity index (χ2v) is 5.20. The van der Waals surface area contributed by atoms with Gasteiger partial charge >= 0.3 is 5.63 Å². The number of nitrogen functional groups attached to an aromatic ring is 1. The summed E-state index contributed by atoms with van der Waals surface area (Å²) in [7, 11) is 0. The molecule has 0 radical (unpaired) electrons. The normalized spacial score (nSPS) is 10.9. The van der Waals surface area contributed by atoms with E-state index >= 15 is 0 Å². The molecule has 4 aromatic rings. The number of hydrogen-bond donors (Lipinski definition) is 2. The molecule has 3 N–H and O–H groups in total. The van der Waals surface area contributed by atoms with Crippen LogP contribution in [0.2, 0.25) is 0 Å². The number of rotatable bonds is 3. The van der Waals surface area contributed by atoms with Crippen LogP contribution in [0.25, 0.3) is 27.9 Å². The lowest BCUT2D eigenvalue weighted by molar-refractivity contribution is 0.546. The molecule has 0 aliphatic carbocycles. The zero-order valence-corrected chi connectivity index (χ0v) is 12.5. The second-order valence-electron chi connectivity index (χ2n) is 5.20. The highest BCUT2D eigenvalue weighted by molar-refractivity contribution is 5.81. The van der Waals surface area contributed by atoms with Gasteiger partial charge in [0, 0.05) is 17.0 Å². The summed E-state index contributed by atoms with van der Waals surface area (Å²) in [5.41, 5.74) is 4.94. The Morgan fingerprint density at radius 1 is 1.08 bits per heavy atom. The minimum absolute atomic E-state index is 0.248. The zero-order chi connectivity index (χ0) is 16.5. The fourth-order valence-electron chi connectivity index (χ4n) is 2.45. The smallest absolute Gasteiger partial charge is 0.364 e. The van der Waals surface area contributed by atoms with E-state index in [1.54, 1.807) is 30.5 Å². The lowest BCUT2D eigenvalue weighted by atomic mass is 10.2. The van der Waals surface area contributed by atoms with Crippen LogP contribution in [-0.2, 0) is 0 Å². The Labute approximate surface area is 136 Å². The Kier molecular flexibility index (Phi) is 3.33. The monoisotopic (exact) mass is 319 g/mol. The van der Waals surface area contributed by atoms with Crippen LogP contribution in [0.5, 0.6) is 0 Å². The first-order chi connectivity index (χ1) is 11.7. The number of hydrazine groups is 1. The number of anilines is 1.